The first-order chi connectivity index (χ1) is 10.6. The SMILES string of the molecule is CCc1nc(CNC(=O)c2ccc(OCC(N)=O)cc2)cs1. The van der Waals surface area contributed by atoms with Gasteiger partial charge in [-0.25, -0.2) is 4.98 Å². The molecule has 0 radical (unpaired) electrons. The molecule has 0 aliphatic carbocycles. The van der Waals surface area contributed by atoms with Crippen molar-refractivity contribution in [3.63, 3.8) is 0 Å². The molecule has 2 rings (SSSR count). The largest absolute Gasteiger partial charge is 0.484 e. The number of nitrogens with zero attached hydrogens (tertiary/aromatic N) is 1. The third-order valence-electron chi connectivity index (χ3n) is 2.83. The third kappa shape index (κ3) is 4.56. The molecule has 7 heteroatoms. The Morgan fingerprint density at radius 2 is 2.05 bits per heavy atom. The molecule has 0 aliphatic heterocycles. The van der Waals surface area contributed by atoms with Crippen molar-refractivity contribution >= 4 is 23.2 Å². The van der Waals surface area contributed by atoms with E-state index in [4.69, 9.17) is 10.5 Å². The number of aryl methyl sites for hydroxylation is 1. The summed E-state index contributed by atoms with van der Waals surface area (Å²) < 4.78 is 5.13. The van der Waals surface area contributed by atoms with Crippen LogP contribution in [0.3, 0.4) is 0 Å². The maximum Gasteiger partial charge on any atom is 0.255 e. The lowest BCUT2D eigenvalue weighted by Gasteiger charge is -2.06. The Labute approximate surface area is 132 Å². The summed E-state index contributed by atoms with van der Waals surface area (Å²) in [6.07, 6.45) is 0.894. The number of aromatic nitrogens is 1. The number of rotatable bonds is 7. The summed E-state index contributed by atoms with van der Waals surface area (Å²) in [4.78, 5) is 27.0. The molecule has 0 atom stereocenters. The van der Waals surface area contributed by atoms with Crippen molar-refractivity contribution in [3.8, 4) is 5.75 Å². The zero-order valence-electron chi connectivity index (χ0n) is 12.2. The molecule has 1 heterocycles. The molecule has 0 saturated heterocycles. The highest BCUT2D eigenvalue weighted by Gasteiger charge is 2.07. The van der Waals surface area contributed by atoms with Crippen molar-refractivity contribution in [3.05, 3.63) is 45.9 Å². The molecule has 0 spiro atoms. The van der Waals surface area contributed by atoms with E-state index in [1.165, 1.54) is 0 Å². The number of thiazole rings is 1. The van der Waals surface area contributed by atoms with E-state index in [-0.39, 0.29) is 12.5 Å². The third-order valence-corrected chi connectivity index (χ3v) is 3.87. The number of benzene rings is 1. The van der Waals surface area contributed by atoms with Gasteiger partial charge in [0.2, 0.25) is 0 Å². The predicted octanol–water partition coefficient (Wildman–Crippen LogP) is 1.50. The van der Waals surface area contributed by atoms with Gasteiger partial charge in [-0.2, -0.15) is 0 Å². The van der Waals surface area contributed by atoms with E-state index >= 15 is 0 Å². The van der Waals surface area contributed by atoms with Gasteiger partial charge in [-0.1, -0.05) is 6.92 Å². The van der Waals surface area contributed by atoms with Gasteiger partial charge in [0.1, 0.15) is 5.75 Å². The molecule has 0 aliphatic rings. The maximum absolute atomic E-state index is 12.0. The first-order valence-corrected chi connectivity index (χ1v) is 7.69. The zero-order valence-corrected chi connectivity index (χ0v) is 13.0. The smallest absolute Gasteiger partial charge is 0.255 e. The standard InChI is InChI=1S/C15H17N3O3S/c1-2-14-18-11(9-22-14)7-17-15(20)10-3-5-12(6-4-10)21-8-13(16)19/h3-6,9H,2,7-8H2,1H3,(H2,16,19)(H,17,20). The van der Waals surface area contributed by atoms with Crippen molar-refractivity contribution in [1.82, 2.24) is 10.3 Å². The molecule has 1 aromatic heterocycles. The van der Waals surface area contributed by atoms with Crippen molar-refractivity contribution < 1.29 is 14.3 Å². The fourth-order valence-electron chi connectivity index (χ4n) is 1.72. The van der Waals surface area contributed by atoms with Crippen molar-refractivity contribution in [2.75, 3.05) is 6.61 Å². The summed E-state index contributed by atoms with van der Waals surface area (Å²) >= 11 is 1.59. The number of ether oxygens (including phenoxy) is 1. The molecule has 6 nitrogen and oxygen atoms in total. The van der Waals surface area contributed by atoms with Gasteiger partial charge in [0.05, 0.1) is 17.2 Å². The number of hydrogen-bond donors (Lipinski definition) is 2. The minimum Gasteiger partial charge on any atom is -0.484 e. The number of nitrogens with one attached hydrogen (secondary N) is 1. The second kappa shape index (κ2) is 7.56. The Kier molecular flexibility index (Phi) is 5.48. The van der Waals surface area contributed by atoms with Crippen LogP contribution in [0.5, 0.6) is 5.75 Å². The van der Waals surface area contributed by atoms with Gasteiger partial charge >= 0.3 is 0 Å². The highest BCUT2D eigenvalue weighted by atomic mass is 32.1. The molecule has 0 fully saturated rings. The van der Waals surface area contributed by atoms with Crippen LogP contribution in [-0.2, 0) is 17.8 Å². The molecule has 0 saturated carbocycles. The molecular weight excluding hydrogens is 302 g/mol. The summed E-state index contributed by atoms with van der Waals surface area (Å²) in [5.74, 6) is -0.244. The monoisotopic (exact) mass is 319 g/mol. The lowest BCUT2D eigenvalue weighted by molar-refractivity contribution is -0.119. The molecule has 0 bridgehead atoms. The molecule has 116 valence electrons. The average molecular weight is 319 g/mol. The van der Waals surface area contributed by atoms with Gasteiger partial charge in [-0.05, 0) is 30.7 Å². The first-order valence-electron chi connectivity index (χ1n) is 6.81. The summed E-state index contributed by atoms with van der Waals surface area (Å²) in [6, 6.07) is 6.50. The number of carbonyl (C=O) groups is 2. The average Bonchev–Trinajstić information content (AvgIpc) is 2.99. The van der Waals surface area contributed by atoms with Crippen LogP contribution in [0.1, 0.15) is 28.0 Å². The Hall–Kier alpha value is -2.41. The van der Waals surface area contributed by atoms with Crippen LogP contribution >= 0.6 is 11.3 Å². The lowest BCUT2D eigenvalue weighted by Crippen LogP contribution is -2.23. The summed E-state index contributed by atoms with van der Waals surface area (Å²) in [5, 5.41) is 5.81. The second-order valence-corrected chi connectivity index (χ2v) is 5.49. The van der Waals surface area contributed by atoms with Crippen LogP contribution in [-0.4, -0.2) is 23.4 Å². The first kappa shape index (κ1) is 16.0. The predicted molar refractivity (Wildman–Crippen MR) is 83.8 cm³/mol. The van der Waals surface area contributed by atoms with E-state index in [0.29, 0.717) is 17.9 Å². The summed E-state index contributed by atoms with van der Waals surface area (Å²) in [7, 11) is 0. The molecule has 1 aromatic carbocycles. The van der Waals surface area contributed by atoms with E-state index < -0.39 is 5.91 Å². The van der Waals surface area contributed by atoms with Crippen LogP contribution in [0, 0.1) is 0 Å². The van der Waals surface area contributed by atoms with Gasteiger partial charge < -0.3 is 15.8 Å². The minimum absolute atomic E-state index is 0.185. The van der Waals surface area contributed by atoms with Gasteiger partial charge in [0.25, 0.3) is 11.8 Å². The van der Waals surface area contributed by atoms with Crippen molar-refractivity contribution in [1.29, 1.82) is 0 Å². The fourth-order valence-corrected chi connectivity index (χ4v) is 2.47. The Morgan fingerprint density at radius 3 is 2.64 bits per heavy atom. The summed E-state index contributed by atoms with van der Waals surface area (Å²) in [5.41, 5.74) is 6.36. The van der Waals surface area contributed by atoms with Crippen molar-refractivity contribution in [2.24, 2.45) is 5.73 Å². The Balaban J connectivity index is 1.87. The number of primary amides is 1. The van der Waals surface area contributed by atoms with E-state index in [2.05, 4.69) is 10.3 Å². The van der Waals surface area contributed by atoms with Gasteiger partial charge in [-0.15, -0.1) is 11.3 Å². The number of amides is 2. The number of hydrogen-bond acceptors (Lipinski definition) is 5. The lowest BCUT2D eigenvalue weighted by atomic mass is 10.2. The van der Waals surface area contributed by atoms with Gasteiger partial charge in [0, 0.05) is 10.9 Å². The molecule has 2 aromatic rings. The second-order valence-electron chi connectivity index (χ2n) is 4.55. The van der Waals surface area contributed by atoms with Gasteiger partial charge in [-0.3, -0.25) is 9.59 Å². The van der Waals surface area contributed by atoms with E-state index in [1.54, 1.807) is 35.6 Å². The highest BCUT2D eigenvalue weighted by molar-refractivity contribution is 7.09. The van der Waals surface area contributed by atoms with Crippen LogP contribution < -0.4 is 15.8 Å². The molecule has 2 amide bonds. The Morgan fingerprint density at radius 1 is 1.32 bits per heavy atom. The van der Waals surface area contributed by atoms with Gasteiger partial charge in [0.15, 0.2) is 6.61 Å². The number of nitrogens with two attached hydrogens (primary N) is 1. The number of carbonyl (C=O) groups excluding carboxylic acids is 2. The van der Waals surface area contributed by atoms with E-state index in [9.17, 15) is 9.59 Å². The van der Waals surface area contributed by atoms with E-state index in [0.717, 1.165) is 17.1 Å². The quantitative estimate of drug-likeness (QED) is 0.808. The molecular formula is C15H17N3O3S. The highest BCUT2D eigenvalue weighted by Crippen LogP contribution is 2.13. The maximum atomic E-state index is 12.0. The summed E-state index contributed by atoms with van der Waals surface area (Å²) in [6.45, 7) is 2.26. The normalized spacial score (nSPS) is 10.2. The van der Waals surface area contributed by atoms with Crippen molar-refractivity contribution in [2.45, 2.75) is 19.9 Å². The van der Waals surface area contributed by atoms with Crippen LogP contribution in [0.15, 0.2) is 29.6 Å². The van der Waals surface area contributed by atoms with Crippen LogP contribution in [0.4, 0.5) is 0 Å². The molecule has 0 unspecified atom stereocenters. The fraction of sp³-hybridized carbons (Fsp3) is 0.267. The topological polar surface area (TPSA) is 94.3 Å². The minimum atomic E-state index is -0.545. The zero-order chi connectivity index (χ0) is 15.9. The molecule has 22 heavy (non-hydrogen) atoms. The van der Waals surface area contributed by atoms with E-state index in [1.807, 2.05) is 12.3 Å². The van der Waals surface area contributed by atoms with Crippen LogP contribution in [0.25, 0.3) is 0 Å². The van der Waals surface area contributed by atoms with Crippen LogP contribution in [0.2, 0.25) is 0 Å². The Bertz CT molecular complexity index is 652. The molecule has 3 N–H and O–H groups in total.